The smallest absolute Gasteiger partial charge is 0.324 e. The SMILES string of the molecule is COC(=O)C(CCCC(C)(C)C)S(C)(=O)=O. The number of carbonyl (C=O) groups excluding carboxylic acids is 1. The fourth-order valence-corrected chi connectivity index (χ4v) is 2.50. The molecule has 16 heavy (non-hydrogen) atoms. The van der Waals surface area contributed by atoms with Crippen LogP contribution in [0.2, 0.25) is 0 Å². The average Bonchev–Trinajstić information content (AvgIpc) is 2.07. The van der Waals surface area contributed by atoms with Gasteiger partial charge in [-0.05, 0) is 18.3 Å². The lowest BCUT2D eigenvalue weighted by Gasteiger charge is -2.19. The normalized spacial score (nSPS) is 14.6. The minimum atomic E-state index is -3.37. The molecule has 0 aromatic rings. The summed E-state index contributed by atoms with van der Waals surface area (Å²) in [5.74, 6) is -0.656. The first kappa shape index (κ1) is 15.4. The van der Waals surface area contributed by atoms with E-state index in [1.807, 2.05) is 0 Å². The summed E-state index contributed by atoms with van der Waals surface area (Å²) in [7, 11) is -2.16. The van der Waals surface area contributed by atoms with Crippen LogP contribution >= 0.6 is 0 Å². The van der Waals surface area contributed by atoms with E-state index in [1.54, 1.807) is 0 Å². The monoisotopic (exact) mass is 250 g/mol. The zero-order valence-corrected chi connectivity index (χ0v) is 11.6. The molecule has 0 aliphatic rings. The van der Waals surface area contributed by atoms with Gasteiger partial charge in [-0.15, -0.1) is 0 Å². The summed E-state index contributed by atoms with van der Waals surface area (Å²) in [6.07, 6.45) is 3.00. The van der Waals surface area contributed by atoms with E-state index in [4.69, 9.17) is 0 Å². The van der Waals surface area contributed by atoms with Crippen molar-refractivity contribution >= 4 is 15.8 Å². The summed E-state index contributed by atoms with van der Waals surface area (Å²) in [6, 6.07) is 0. The Labute approximate surface area is 98.3 Å². The Morgan fingerprint density at radius 3 is 2.12 bits per heavy atom. The first-order valence-electron chi connectivity index (χ1n) is 5.34. The molecule has 0 saturated heterocycles. The molecule has 0 aromatic carbocycles. The molecule has 0 radical (unpaired) electrons. The quantitative estimate of drug-likeness (QED) is 0.698. The van der Waals surface area contributed by atoms with E-state index >= 15 is 0 Å². The van der Waals surface area contributed by atoms with Crippen molar-refractivity contribution in [3.63, 3.8) is 0 Å². The molecule has 0 bridgehead atoms. The fourth-order valence-electron chi connectivity index (χ4n) is 1.46. The minimum Gasteiger partial charge on any atom is -0.468 e. The van der Waals surface area contributed by atoms with E-state index in [9.17, 15) is 13.2 Å². The number of hydrogen-bond donors (Lipinski definition) is 0. The van der Waals surface area contributed by atoms with Crippen molar-refractivity contribution in [1.82, 2.24) is 0 Å². The number of sulfone groups is 1. The Bertz CT molecular complexity index is 324. The molecule has 96 valence electrons. The van der Waals surface area contributed by atoms with Gasteiger partial charge in [-0.2, -0.15) is 0 Å². The Kier molecular flexibility index (Phi) is 5.46. The molecule has 1 unspecified atom stereocenters. The maximum absolute atomic E-state index is 11.4. The number of methoxy groups -OCH3 is 1. The fraction of sp³-hybridized carbons (Fsp3) is 0.909. The van der Waals surface area contributed by atoms with Crippen LogP contribution in [-0.2, 0) is 19.4 Å². The summed E-state index contributed by atoms with van der Waals surface area (Å²) in [5, 5.41) is -1.01. The van der Waals surface area contributed by atoms with Crippen LogP contribution in [0.4, 0.5) is 0 Å². The maximum atomic E-state index is 11.4. The molecule has 0 amide bonds. The molecule has 0 saturated carbocycles. The van der Waals surface area contributed by atoms with Crippen molar-refractivity contribution in [2.45, 2.75) is 45.3 Å². The Balaban J connectivity index is 4.43. The number of esters is 1. The van der Waals surface area contributed by atoms with Crippen LogP contribution in [0.5, 0.6) is 0 Å². The average molecular weight is 250 g/mol. The molecule has 0 heterocycles. The highest BCUT2D eigenvalue weighted by Gasteiger charge is 2.29. The lowest BCUT2D eigenvalue weighted by Crippen LogP contribution is -2.30. The molecule has 0 spiro atoms. The second-order valence-corrected chi connectivity index (χ2v) is 7.52. The van der Waals surface area contributed by atoms with Gasteiger partial charge in [-0.1, -0.05) is 27.2 Å². The van der Waals surface area contributed by atoms with Crippen LogP contribution in [0.15, 0.2) is 0 Å². The van der Waals surface area contributed by atoms with Gasteiger partial charge in [0.05, 0.1) is 7.11 Å². The molecule has 0 aliphatic carbocycles. The third kappa shape index (κ3) is 6.10. The zero-order valence-electron chi connectivity index (χ0n) is 10.7. The van der Waals surface area contributed by atoms with Crippen LogP contribution in [0.25, 0.3) is 0 Å². The highest BCUT2D eigenvalue weighted by atomic mass is 32.2. The third-order valence-corrected chi connectivity index (χ3v) is 3.84. The van der Waals surface area contributed by atoms with Gasteiger partial charge in [-0.3, -0.25) is 4.79 Å². The predicted octanol–water partition coefficient (Wildman–Crippen LogP) is 1.79. The van der Waals surface area contributed by atoms with Gasteiger partial charge in [0.15, 0.2) is 15.1 Å². The van der Waals surface area contributed by atoms with Crippen LogP contribution in [0.1, 0.15) is 40.0 Å². The van der Waals surface area contributed by atoms with Crippen molar-refractivity contribution in [2.24, 2.45) is 5.41 Å². The second-order valence-electron chi connectivity index (χ2n) is 5.29. The van der Waals surface area contributed by atoms with Crippen LogP contribution < -0.4 is 0 Å². The van der Waals surface area contributed by atoms with Gasteiger partial charge >= 0.3 is 5.97 Å². The van der Waals surface area contributed by atoms with Crippen LogP contribution in [-0.4, -0.2) is 33.0 Å². The first-order valence-corrected chi connectivity index (χ1v) is 7.30. The van der Waals surface area contributed by atoms with Crippen molar-refractivity contribution in [3.05, 3.63) is 0 Å². The maximum Gasteiger partial charge on any atom is 0.324 e. The zero-order chi connectivity index (χ0) is 13.0. The Morgan fingerprint density at radius 2 is 1.81 bits per heavy atom. The second kappa shape index (κ2) is 5.66. The molecule has 1 atom stereocenters. The van der Waals surface area contributed by atoms with Crippen molar-refractivity contribution in [2.75, 3.05) is 13.4 Å². The summed E-state index contributed by atoms with van der Waals surface area (Å²) in [5.41, 5.74) is 0.151. The highest BCUT2D eigenvalue weighted by Crippen LogP contribution is 2.23. The Morgan fingerprint density at radius 1 is 1.31 bits per heavy atom. The van der Waals surface area contributed by atoms with Crippen LogP contribution in [0.3, 0.4) is 0 Å². The van der Waals surface area contributed by atoms with Crippen molar-refractivity contribution in [3.8, 4) is 0 Å². The first-order chi connectivity index (χ1) is 7.08. The number of ether oxygens (including phenoxy) is 1. The molecular weight excluding hydrogens is 228 g/mol. The largest absolute Gasteiger partial charge is 0.468 e. The van der Waals surface area contributed by atoms with E-state index in [2.05, 4.69) is 25.5 Å². The van der Waals surface area contributed by atoms with Gasteiger partial charge in [0, 0.05) is 6.26 Å². The molecule has 0 rings (SSSR count). The standard InChI is InChI=1S/C11H22O4S/c1-11(2,3)8-6-7-9(10(12)15-4)16(5,13)14/h9H,6-8H2,1-5H3. The van der Waals surface area contributed by atoms with E-state index in [0.717, 1.165) is 12.7 Å². The number of hydrogen-bond acceptors (Lipinski definition) is 4. The molecule has 5 heteroatoms. The summed E-state index contributed by atoms with van der Waals surface area (Å²) >= 11 is 0. The molecule has 0 fully saturated rings. The summed E-state index contributed by atoms with van der Waals surface area (Å²) in [6.45, 7) is 6.25. The highest BCUT2D eigenvalue weighted by molar-refractivity contribution is 7.92. The summed E-state index contributed by atoms with van der Waals surface area (Å²) < 4.78 is 27.3. The van der Waals surface area contributed by atoms with E-state index in [1.165, 1.54) is 7.11 Å². The molecule has 0 aliphatic heterocycles. The van der Waals surface area contributed by atoms with Gasteiger partial charge < -0.3 is 4.74 Å². The molecule has 0 N–H and O–H groups in total. The van der Waals surface area contributed by atoms with Gasteiger partial charge in [0.1, 0.15) is 0 Å². The minimum absolute atomic E-state index is 0.151. The molecule has 4 nitrogen and oxygen atoms in total. The van der Waals surface area contributed by atoms with E-state index < -0.39 is 21.1 Å². The van der Waals surface area contributed by atoms with Crippen molar-refractivity contribution in [1.29, 1.82) is 0 Å². The predicted molar refractivity (Wildman–Crippen MR) is 64.0 cm³/mol. The third-order valence-electron chi connectivity index (χ3n) is 2.37. The van der Waals surface area contributed by atoms with Gasteiger partial charge in [0.25, 0.3) is 0 Å². The number of carbonyl (C=O) groups is 1. The van der Waals surface area contributed by atoms with Gasteiger partial charge in [-0.25, -0.2) is 8.42 Å². The van der Waals surface area contributed by atoms with E-state index in [0.29, 0.717) is 12.8 Å². The van der Waals surface area contributed by atoms with E-state index in [-0.39, 0.29) is 5.41 Å². The lowest BCUT2D eigenvalue weighted by atomic mass is 9.89. The lowest BCUT2D eigenvalue weighted by molar-refractivity contribution is -0.140. The van der Waals surface area contributed by atoms with Crippen molar-refractivity contribution < 1.29 is 17.9 Å². The molecular formula is C11H22O4S. The van der Waals surface area contributed by atoms with Crippen LogP contribution in [0, 0.1) is 5.41 Å². The van der Waals surface area contributed by atoms with Gasteiger partial charge in [0.2, 0.25) is 0 Å². The molecule has 0 aromatic heterocycles. The summed E-state index contributed by atoms with van der Waals surface area (Å²) in [4.78, 5) is 11.3. The number of rotatable bonds is 5. The Hall–Kier alpha value is -0.580. The topological polar surface area (TPSA) is 60.4 Å².